The number of rotatable bonds is 6. The lowest BCUT2D eigenvalue weighted by molar-refractivity contribution is -0.120. The average molecular weight is 353 g/mol. The molecule has 1 saturated heterocycles. The van der Waals surface area contributed by atoms with Gasteiger partial charge in [0.1, 0.15) is 0 Å². The zero-order valence-electron chi connectivity index (χ0n) is 14.8. The Morgan fingerprint density at radius 1 is 1.21 bits per heavy atom. The Morgan fingerprint density at radius 3 is 2.33 bits per heavy atom. The first-order valence-corrected chi connectivity index (χ1v) is 10.3. The minimum Gasteiger partial charge on any atom is -0.325 e. The molecule has 1 N–H and O–H groups in total. The summed E-state index contributed by atoms with van der Waals surface area (Å²) in [6.45, 7) is 6.82. The van der Waals surface area contributed by atoms with Gasteiger partial charge in [0.05, 0.1) is 5.75 Å². The number of sulfonamides is 1. The van der Waals surface area contributed by atoms with E-state index in [1.807, 2.05) is 39.0 Å². The van der Waals surface area contributed by atoms with Gasteiger partial charge in [0.15, 0.2) is 0 Å². The molecule has 6 heteroatoms. The number of carbonyl (C=O) groups excluding carboxylic acids is 1. The van der Waals surface area contributed by atoms with E-state index in [0.717, 1.165) is 23.2 Å². The Balaban J connectivity index is 1.93. The van der Waals surface area contributed by atoms with Crippen LogP contribution in [0.3, 0.4) is 0 Å². The van der Waals surface area contributed by atoms with Gasteiger partial charge in [0, 0.05) is 24.7 Å². The third-order valence-corrected chi connectivity index (χ3v) is 6.66. The Labute approximate surface area is 145 Å². The maximum absolute atomic E-state index is 12.5. The Morgan fingerprint density at radius 2 is 1.79 bits per heavy atom. The van der Waals surface area contributed by atoms with Gasteiger partial charge >= 0.3 is 0 Å². The highest BCUT2D eigenvalue weighted by Gasteiger charge is 2.30. The van der Waals surface area contributed by atoms with Gasteiger partial charge in [-0.15, -0.1) is 0 Å². The van der Waals surface area contributed by atoms with Gasteiger partial charge in [-0.3, -0.25) is 4.79 Å². The van der Waals surface area contributed by atoms with Crippen molar-refractivity contribution >= 4 is 21.6 Å². The maximum Gasteiger partial charge on any atom is 0.227 e. The van der Waals surface area contributed by atoms with Gasteiger partial charge in [0.2, 0.25) is 15.9 Å². The van der Waals surface area contributed by atoms with Gasteiger partial charge in [-0.25, -0.2) is 12.7 Å². The Bertz CT molecular complexity index is 657. The predicted octanol–water partition coefficient (Wildman–Crippen LogP) is 3.08. The quantitative estimate of drug-likeness (QED) is 0.855. The summed E-state index contributed by atoms with van der Waals surface area (Å²) in [4.78, 5) is 12.5. The van der Waals surface area contributed by atoms with Crippen molar-refractivity contribution in [3.63, 3.8) is 0 Å². The lowest BCUT2D eigenvalue weighted by Crippen LogP contribution is -2.42. The lowest BCUT2D eigenvalue weighted by atomic mass is 9.96. The fraction of sp³-hybridized carbons (Fsp3) is 0.611. The van der Waals surface area contributed by atoms with Crippen LogP contribution in [0.25, 0.3) is 0 Å². The highest BCUT2D eigenvalue weighted by Crippen LogP contribution is 2.24. The minimum absolute atomic E-state index is 0.00185. The number of nitrogens with one attached hydrogen (secondary N) is 1. The van der Waals surface area contributed by atoms with Crippen molar-refractivity contribution in [2.45, 2.75) is 46.5 Å². The van der Waals surface area contributed by atoms with Crippen LogP contribution in [-0.2, 0) is 14.8 Å². The van der Waals surface area contributed by atoms with E-state index < -0.39 is 10.0 Å². The van der Waals surface area contributed by atoms with Crippen LogP contribution in [0.1, 0.15) is 43.7 Å². The van der Waals surface area contributed by atoms with E-state index in [9.17, 15) is 13.2 Å². The van der Waals surface area contributed by atoms with Crippen molar-refractivity contribution < 1.29 is 13.2 Å². The summed E-state index contributed by atoms with van der Waals surface area (Å²) in [5, 5.41) is 3.03. The van der Waals surface area contributed by atoms with Crippen LogP contribution in [0.2, 0.25) is 0 Å². The molecular formula is C18H28N2O3S. The largest absolute Gasteiger partial charge is 0.325 e. The van der Waals surface area contributed by atoms with Crippen molar-refractivity contribution in [2.75, 3.05) is 24.2 Å². The number of hydrogen-bond acceptors (Lipinski definition) is 3. The van der Waals surface area contributed by atoms with Crippen LogP contribution in [0.15, 0.2) is 18.2 Å². The molecule has 0 saturated carbocycles. The molecular weight excluding hydrogens is 324 g/mol. The van der Waals surface area contributed by atoms with Crippen molar-refractivity contribution in [3.8, 4) is 0 Å². The number of piperidine rings is 1. The zero-order valence-corrected chi connectivity index (χ0v) is 15.7. The summed E-state index contributed by atoms with van der Waals surface area (Å²) in [5.41, 5.74) is 2.96. The monoisotopic (exact) mass is 352 g/mol. The highest BCUT2D eigenvalue weighted by atomic mass is 32.2. The summed E-state index contributed by atoms with van der Waals surface area (Å²) in [6.07, 6.45) is 2.73. The summed E-state index contributed by atoms with van der Waals surface area (Å²) in [5.74, 6) is 0.0857. The molecule has 1 aromatic carbocycles. The predicted molar refractivity (Wildman–Crippen MR) is 97.5 cm³/mol. The number of carbonyl (C=O) groups is 1. The van der Waals surface area contributed by atoms with E-state index in [2.05, 4.69) is 5.32 Å². The van der Waals surface area contributed by atoms with Gasteiger partial charge in [0.25, 0.3) is 0 Å². The van der Waals surface area contributed by atoms with Crippen molar-refractivity contribution in [2.24, 2.45) is 5.92 Å². The second kappa shape index (κ2) is 8.12. The molecule has 0 unspecified atom stereocenters. The molecule has 0 aliphatic carbocycles. The van der Waals surface area contributed by atoms with Gasteiger partial charge in [-0.05, 0) is 44.2 Å². The summed E-state index contributed by atoms with van der Waals surface area (Å²) in [7, 11) is -3.17. The summed E-state index contributed by atoms with van der Waals surface area (Å²) in [6, 6.07) is 5.93. The molecule has 5 nitrogen and oxygen atoms in total. The topological polar surface area (TPSA) is 66.5 Å². The van der Waals surface area contributed by atoms with E-state index in [1.165, 1.54) is 0 Å². The second-order valence-electron chi connectivity index (χ2n) is 6.60. The summed E-state index contributed by atoms with van der Waals surface area (Å²) < 4.78 is 26.0. The molecule has 2 rings (SSSR count). The fourth-order valence-corrected chi connectivity index (χ4v) is 4.77. The molecule has 1 aromatic rings. The van der Waals surface area contributed by atoms with Crippen molar-refractivity contribution in [1.82, 2.24) is 4.31 Å². The minimum atomic E-state index is -3.17. The SMILES string of the molecule is CCCCS(=O)(=O)N1CCC(C(=O)Nc2c(C)cccc2C)CC1. The molecule has 0 radical (unpaired) electrons. The number of anilines is 1. The van der Waals surface area contributed by atoms with Gasteiger partial charge in [-0.1, -0.05) is 31.5 Å². The second-order valence-corrected chi connectivity index (χ2v) is 8.69. The first kappa shape index (κ1) is 18.9. The fourth-order valence-electron chi connectivity index (χ4n) is 3.09. The molecule has 0 aromatic heterocycles. The zero-order chi connectivity index (χ0) is 17.7. The number of unbranched alkanes of at least 4 members (excludes halogenated alkanes) is 1. The number of aryl methyl sites for hydroxylation is 2. The molecule has 134 valence electrons. The first-order chi connectivity index (χ1) is 11.3. The summed E-state index contributed by atoms with van der Waals surface area (Å²) >= 11 is 0. The van der Waals surface area contributed by atoms with Crippen molar-refractivity contribution in [1.29, 1.82) is 0 Å². The molecule has 1 fully saturated rings. The van der Waals surface area contributed by atoms with E-state index in [1.54, 1.807) is 4.31 Å². The molecule has 24 heavy (non-hydrogen) atoms. The van der Waals surface area contributed by atoms with Crippen LogP contribution < -0.4 is 5.32 Å². The van der Waals surface area contributed by atoms with E-state index in [-0.39, 0.29) is 17.6 Å². The smallest absolute Gasteiger partial charge is 0.227 e. The lowest BCUT2D eigenvalue weighted by Gasteiger charge is -2.30. The van der Waals surface area contributed by atoms with Crippen LogP contribution in [0.4, 0.5) is 5.69 Å². The van der Waals surface area contributed by atoms with Crippen LogP contribution >= 0.6 is 0 Å². The van der Waals surface area contributed by atoms with Crippen LogP contribution in [0.5, 0.6) is 0 Å². The van der Waals surface area contributed by atoms with Gasteiger partial charge in [-0.2, -0.15) is 0 Å². The molecule has 1 amide bonds. The number of amides is 1. The maximum atomic E-state index is 12.5. The molecule has 0 bridgehead atoms. The number of benzene rings is 1. The Hall–Kier alpha value is -1.40. The van der Waals surface area contributed by atoms with E-state index >= 15 is 0 Å². The Kier molecular flexibility index (Phi) is 6.40. The molecule has 0 atom stereocenters. The number of para-hydroxylation sites is 1. The van der Waals surface area contributed by atoms with Gasteiger partial charge < -0.3 is 5.32 Å². The average Bonchev–Trinajstić information content (AvgIpc) is 2.56. The standard InChI is InChI=1S/C18H28N2O3S/c1-4-5-13-24(22,23)20-11-9-16(10-12-20)18(21)19-17-14(2)7-6-8-15(17)3/h6-8,16H,4-5,9-13H2,1-3H3,(H,19,21). The molecule has 1 aliphatic heterocycles. The highest BCUT2D eigenvalue weighted by molar-refractivity contribution is 7.89. The first-order valence-electron chi connectivity index (χ1n) is 8.70. The molecule has 1 heterocycles. The third-order valence-electron chi connectivity index (χ3n) is 4.70. The molecule has 0 spiro atoms. The van der Waals surface area contributed by atoms with E-state index in [0.29, 0.717) is 32.4 Å². The van der Waals surface area contributed by atoms with Crippen LogP contribution in [0, 0.1) is 19.8 Å². The third kappa shape index (κ3) is 4.57. The number of hydrogen-bond donors (Lipinski definition) is 1. The van der Waals surface area contributed by atoms with E-state index in [4.69, 9.17) is 0 Å². The molecule has 1 aliphatic rings. The van der Waals surface area contributed by atoms with Crippen LogP contribution in [-0.4, -0.2) is 37.5 Å². The normalized spacial score (nSPS) is 17.0. The van der Waals surface area contributed by atoms with Crippen molar-refractivity contribution in [3.05, 3.63) is 29.3 Å². The number of nitrogens with zero attached hydrogens (tertiary/aromatic N) is 1.